The lowest BCUT2D eigenvalue weighted by Gasteiger charge is -2.04. The van der Waals surface area contributed by atoms with Gasteiger partial charge in [0.25, 0.3) is 0 Å². The van der Waals surface area contributed by atoms with Crippen molar-refractivity contribution in [2.45, 2.75) is 12.5 Å². The number of para-hydroxylation sites is 1. The monoisotopic (exact) mass is 197 g/mol. The van der Waals surface area contributed by atoms with Gasteiger partial charge in [-0.15, -0.1) is 6.42 Å². The molecule has 0 aliphatic rings. The molecule has 0 fully saturated rings. The second-order valence-electron chi connectivity index (χ2n) is 3.38. The number of aromatic nitrogens is 1. The quantitative estimate of drug-likeness (QED) is 0.744. The molecule has 0 saturated carbocycles. The Hall–Kier alpha value is -1.85. The average molecular weight is 197 g/mol. The van der Waals surface area contributed by atoms with Crippen LogP contribution in [0.4, 0.5) is 0 Å². The molecule has 2 rings (SSSR count). The molecular formula is C13H11NO. The summed E-state index contributed by atoms with van der Waals surface area (Å²) in [6.45, 7) is 0. The Morgan fingerprint density at radius 1 is 1.27 bits per heavy atom. The minimum atomic E-state index is -0.751. The zero-order chi connectivity index (χ0) is 10.7. The summed E-state index contributed by atoms with van der Waals surface area (Å²) < 4.78 is 0. The third-order valence-corrected chi connectivity index (χ3v) is 2.25. The van der Waals surface area contributed by atoms with Crippen molar-refractivity contribution in [3.05, 3.63) is 42.1 Å². The summed E-state index contributed by atoms with van der Waals surface area (Å²) in [4.78, 5) is 4.41. The van der Waals surface area contributed by atoms with E-state index in [0.717, 1.165) is 16.6 Å². The van der Waals surface area contributed by atoms with Crippen LogP contribution >= 0.6 is 0 Å². The smallest absolute Gasteiger partial charge is 0.120 e. The van der Waals surface area contributed by atoms with E-state index in [2.05, 4.69) is 10.9 Å². The highest BCUT2D eigenvalue weighted by molar-refractivity contribution is 5.78. The number of hydrogen-bond donors (Lipinski definition) is 1. The summed E-state index contributed by atoms with van der Waals surface area (Å²) in [5.74, 6) is 2.28. The highest BCUT2D eigenvalue weighted by Crippen LogP contribution is 2.12. The first-order chi connectivity index (χ1) is 7.29. The van der Waals surface area contributed by atoms with Crippen LogP contribution in [0.2, 0.25) is 0 Å². The predicted molar refractivity (Wildman–Crippen MR) is 60.3 cm³/mol. The highest BCUT2D eigenvalue weighted by atomic mass is 16.3. The minimum absolute atomic E-state index is 0.404. The van der Waals surface area contributed by atoms with E-state index < -0.39 is 6.10 Å². The molecule has 0 aliphatic carbocycles. The Kier molecular flexibility index (Phi) is 2.66. The van der Waals surface area contributed by atoms with E-state index in [0.29, 0.717) is 6.42 Å². The molecule has 0 bridgehead atoms. The van der Waals surface area contributed by atoms with Crippen molar-refractivity contribution < 1.29 is 5.11 Å². The fourth-order valence-electron chi connectivity index (χ4n) is 1.48. The number of aliphatic hydroxyl groups is 1. The number of hydrogen-bond acceptors (Lipinski definition) is 2. The molecular weight excluding hydrogens is 186 g/mol. The molecule has 2 aromatic rings. The third kappa shape index (κ3) is 2.15. The van der Waals surface area contributed by atoms with Crippen LogP contribution in [0.3, 0.4) is 0 Å². The van der Waals surface area contributed by atoms with Crippen LogP contribution in [0.5, 0.6) is 0 Å². The van der Waals surface area contributed by atoms with E-state index in [4.69, 9.17) is 6.42 Å². The summed E-state index contributed by atoms with van der Waals surface area (Å²) in [6.07, 6.45) is 4.76. The van der Waals surface area contributed by atoms with Crippen LogP contribution < -0.4 is 0 Å². The van der Waals surface area contributed by atoms with Gasteiger partial charge in [-0.25, -0.2) is 0 Å². The van der Waals surface area contributed by atoms with Crippen LogP contribution in [-0.4, -0.2) is 16.2 Å². The predicted octanol–water partition coefficient (Wildman–Crippen LogP) is 1.77. The Morgan fingerprint density at radius 2 is 2.07 bits per heavy atom. The molecule has 0 radical (unpaired) electrons. The molecule has 0 aliphatic heterocycles. The van der Waals surface area contributed by atoms with Crippen molar-refractivity contribution in [3.63, 3.8) is 0 Å². The van der Waals surface area contributed by atoms with Gasteiger partial charge in [0.2, 0.25) is 0 Å². The van der Waals surface area contributed by atoms with Crippen molar-refractivity contribution in [1.82, 2.24) is 4.98 Å². The number of terminal acetylenes is 1. The van der Waals surface area contributed by atoms with Gasteiger partial charge in [0.05, 0.1) is 5.52 Å². The lowest BCUT2D eigenvalue weighted by molar-refractivity contribution is 0.232. The summed E-state index contributed by atoms with van der Waals surface area (Å²) in [5, 5.41) is 10.4. The van der Waals surface area contributed by atoms with E-state index in [1.165, 1.54) is 0 Å². The highest BCUT2D eigenvalue weighted by Gasteiger charge is 2.03. The van der Waals surface area contributed by atoms with E-state index in [9.17, 15) is 5.11 Å². The molecule has 1 aromatic heterocycles. The molecule has 0 spiro atoms. The van der Waals surface area contributed by atoms with E-state index in [-0.39, 0.29) is 0 Å². The Labute approximate surface area is 88.6 Å². The van der Waals surface area contributed by atoms with Gasteiger partial charge in [0.15, 0.2) is 0 Å². The fraction of sp³-hybridized carbons (Fsp3) is 0.154. The third-order valence-electron chi connectivity index (χ3n) is 2.25. The van der Waals surface area contributed by atoms with E-state index >= 15 is 0 Å². The number of nitrogens with zero attached hydrogens (tertiary/aromatic N) is 1. The zero-order valence-corrected chi connectivity index (χ0v) is 8.22. The summed E-state index contributed by atoms with van der Waals surface area (Å²) in [6, 6.07) is 11.7. The van der Waals surface area contributed by atoms with Gasteiger partial charge in [0, 0.05) is 17.5 Å². The molecule has 74 valence electrons. The number of aliphatic hydroxyl groups excluding tert-OH is 1. The molecule has 0 saturated heterocycles. The van der Waals surface area contributed by atoms with Crippen LogP contribution in [0.25, 0.3) is 10.9 Å². The van der Waals surface area contributed by atoms with Crippen molar-refractivity contribution >= 4 is 10.9 Å². The van der Waals surface area contributed by atoms with Gasteiger partial charge < -0.3 is 5.11 Å². The molecule has 0 amide bonds. The van der Waals surface area contributed by atoms with Crippen LogP contribution in [-0.2, 0) is 6.42 Å². The maximum atomic E-state index is 9.31. The maximum absolute atomic E-state index is 9.31. The van der Waals surface area contributed by atoms with Gasteiger partial charge in [-0.1, -0.05) is 30.2 Å². The second-order valence-corrected chi connectivity index (χ2v) is 3.38. The lowest BCUT2D eigenvalue weighted by Crippen LogP contribution is -2.08. The molecule has 15 heavy (non-hydrogen) atoms. The Morgan fingerprint density at radius 3 is 2.87 bits per heavy atom. The second kappa shape index (κ2) is 4.12. The normalized spacial score (nSPS) is 12.3. The van der Waals surface area contributed by atoms with Gasteiger partial charge >= 0.3 is 0 Å². The SMILES string of the molecule is C#CC(O)Cc1ccc2ccccc2n1. The average Bonchev–Trinajstić information content (AvgIpc) is 2.29. The molecule has 1 unspecified atom stereocenters. The van der Waals surface area contributed by atoms with Crippen LogP contribution in [0, 0.1) is 12.3 Å². The molecule has 1 atom stereocenters. The van der Waals surface area contributed by atoms with Gasteiger partial charge in [-0.05, 0) is 12.1 Å². The Balaban J connectivity index is 2.35. The van der Waals surface area contributed by atoms with Crippen molar-refractivity contribution in [2.24, 2.45) is 0 Å². The fourth-order valence-corrected chi connectivity index (χ4v) is 1.48. The first kappa shape index (κ1) is 9.70. The largest absolute Gasteiger partial charge is 0.380 e. The number of pyridine rings is 1. The molecule has 2 heteroatoms. The van der Waals surface area contributed by atoms with Crippen molar-refractivity contribution in [2.75, 3.05) is 0 Å². The number of rotatable bonds is 2. The summed E-state index contributed by atoms with van der Waals surface area (Å²) in [7, 11) is 0. The lowest BCUT2D eigenvalue weighted by atomic mass is 10.1. The molecule has 1 N–H and O–H groups in total. The minimum Gasteiger partial charge on any atom is -0.380 e. The first-order valence-electron chi connectivity index (χ1n) is 4.78. The topological polar surface area (TPSA) is 33.1 Å². The van der Waals surface area contributed by atoms with Crippen molar-refractivity contribution in [3.8, 4) is 12.3 Å². The van der Waals surface area contributed by atoms with Gasteiger partial charge in [0.1, 0.15) is 6.10 Å². The Bertz CT molecular complexity index is 513. The van der Waals surface area contributed by atoms with Crippen LogP contribution in [0.15, 0.2) is 36.4 Å². The van der Waals surface area contributed by atoms with Gasteiger partial charge in [-0.2, -0.15) is 0 Å². The van der Waals surface area contributed by atoms with E-state index in [1.54, 1.807) is 0 Å². The maximum Gasteiger partial charge on any atom is 0.120 e. The standard InChI is InChI=1S/C13H11NO/c1-2-12(15)9-11-8-7-10-5-3-4-6-13(10)14-11/h1,3-8,12,15H,9H2. The van der Waals surface area contributed by atoms with E-state index in [1.807, 2.05) is 36.4 Å². The summed E-state index contributed by atoms with van der Waals surface area (Å²) >= 11 is 0. The molecule has 2 nitrogen and oxygen atoms in total. The zero-order valence-electron chi connectivity index (χ0n) is 8.22. The molecule has 1 aromatic carbocycles. The van der Waals surface area contributed by atoms with Crippen molar-refractivity contribution in [1.29, 1.82) is 0 Å². The van der Waals surface area contributed by atoms with Gasteiger partial charge in [-0.3, -0.25) is 4.98 Å². The first-order valence-corrected chi connectivity index (χ1v) is 4.78. The summed E-state index contributed by atoms with van der Waals surface area (Å²) in [5.41, 5.74) is 1.75. The molecule has 1 heterocycles. The number of benzene rings is 1. The number of fused-ring (bicyclic) bond motifs is 1. The van der Waals surface area contributed by atoms with Crippen LogP contribution in [0.1, 0.15) is 5.69 Å².